The van der Waals surface area contributed by atoms with Crippen molar-refractivity contribution in [3.8, 4) is 0 Å². The van der Waals surface area contributed by atoms with Crippen LogP contribution in [0, 0.1) is 0 Å². The second-order valence-corrected chi connectivity index (χ2v) is 1.20. The van der Waals surface area contributed by atoms with E-state index in [1.807, 2.05) is 0 Å². The SMILES string of the molecule is O=CCCC(=O)O.O=CO. The molecule has 0 aromatic rings. The first-order valence-corrected chi connectivity index (χ1v) is 2.42. The lowest BCUT2D eigenvalue weighted by atomic mass is 10.3. The molecule has 0 radical (unpaired) electrons. The molecule has 0 atom stereocenters. The number of aliphatic carboxylic acids is 1. The Kier molecular flexibility index (Phi) is 12.1. The summed E-state index contributed by atoms with van der Waals surface area (Å²) in [4.78, 5) is 27.4. The Morgan fingerprint density at radius 2 is 1.80 bits per heavy atom. The molecule has 0 saturated carbocycles. The molecule has 0 heterocycles. The third-order valence-electron chi connectivity index (χ3n) is 0.476. The molecule has 0 aromatic heterocycles. The summed E-state index contributed by atoms with van der Waals surface area (Å²) in [7, 11) is 0. The van der Waals surface area contributed by atoms with Gasteiger partial charge in [0, 0.05) is 6.42 Å². The van der Waals surface area contributed by atoms with Crippen LogP contribution < -0.4 is 0 Å². The number of aldehydes is 1. The van der Waals surface area contributed by atoms with Crippen LogP contribution in [0.25, 0.3) is 0 Å². The summed E-state index contributed by atoms with van der Waals surface area (Å²) in [5.74, 6) is -0.924. The van der Waals surface area contributed by atoms with Gasteiger partial charge < -0.3 is 15.0 Å². The Bertz CT molecular complexity index is 109. The summed E-state index contributed by atoms with van der Waals surface area (Å²) in [5.41, 5.74) is 0. The van der Waals surface area contributed by atoms with Crippen LogP contribution in [0.2, 0.25) is 0 Å². The largest absolute Gasteiger partial charge is 0.483 e. The first kappa shape index (κ1) is 11.4. The van der Waals surface area contributed by atoms with Crippen molar-refractivity contribution in [2.75, 3.05) is 0 Å². The third-order valence-corrected chi connectivity index (χ3v) is 0.476. The van der Waals surface area contributed by atoms with Gasteiger partial charge in [0.25, 0.3) is 6.47 Å². The van der Waals surface area contributed by atoms with Crippen molar-refractivity contribution in [1.82, 2.24) is 0 Å². The van der Waals surface area contributed by atoms with Crippen molar-refractivity contribution in [2.24, 2.45) is 0 Å². The second-order valence-electron chi connectivity index (χ2n) is 1.20. The van der Waals surface area contributed by atoms with Gasteiger partial charge in [-0.1, -0.05) is 0 Å². The van der Waals surface area contributed by atoms with Gasteiger partial charge >= 0.3 is 5.97 Å². The fraction of sp³-hybridized carbons (Fsp3) is 0.400. The van der Waals surface area contributed by atoms with Crippen molar-refractivity contribution in [2.45, 2.75) is 12.8 Å². The van der Waals surface area contributed by atoms with Crippen LogP contribution in [0.3, 0.4) is 0 Å². The molecule has 0 amide bonds. The van der Waals surface area contributed by atoms with Crippen molar-refractivity contribution in [3.63, 3.8) is 0 Å². The average Bonchev–Trinajstić information content (AvgIpc) is 1.85. The van der Waals surface area contributed by atoms with Crippen molar-refractivity contribution in [3.05, 3.63) is 0 Å². The molecule has 0 aliphatic heterocycles. The molecule has 0 bridgehead atoms. The van der Waals surface area contributed by atoms with Crippen LogP contribution in [-0.2, 0) is 14.4 Å². The number of carbonyl (C=O) groups excluding carboxylic acids is 1. The first-order valence-electron chi connectivity index (χ1n) is 2.42. The number of hydrogen-bond donors (Lipinski definition) is 2. The average molecular weight is 148 g/mol. The molecule has 0 aromatic carbocycles. The Labute approximate surface area is 57.3 Å². The molecular weight excluding hydrogens is 140 g/mol. The van der Waals surface area contributed by atoms with E-state index in [0.717, 1.165) is 0 Å². The quantitative estimate of drug-likeness (QED) is 0.538. The lowest BCUT2D eigenvalue weighted by Crippen LogP contribution is -1.93. The minimum atomic E-state index is -0.924. The zero-order valence-electron chi connectivity index (χ0n) is 5.19. The van der Waals surface area contributed by atoms with Crippen LogP contribution in [0.15, 0.2) is 0 Å². The molecule has 10 heavy (non-hydrogen) atoms. The van der Waals surface area contributed by atoms with Gasteiger partial charge in [0.2, 0.25) is 0 Å². The Hall–Kier alpha value is -1.39. The predicted octanol–water partition coefficient (Wildman–Crippen LogP) is -0.249. The molecule has 58 valence electrons. The lowest BCUT2D eigenvalue weighted by molar-refractivity contribution is -0.137. The predicted molar refractivity (Wildman–Crippen MR) is 31.6 cm³/mol. The second kappa shape index (κ2) is 10.6. The maximum absolute atomic E-state index is 9.60. The topological polar surface area (TPSA) is 91.7 Å². The molecule has 0 fully saturated rings. The third kappa shape index (κ3) is 30.5. The number of carbonyl (C=O) groups is 3. The van der Waals surface area contributed by atoms with Gasteiger partial charge in [-0.15, -0.1) is 0 Å². The van der Waals surface area contributed by atoms with E-state index in [4.69, 9.17) is 15.0 Å². The number of carboxylic acids is 1. The van der Waals surface area contributed by atoms with Gasteiger partial charge in [-0.25, -0.2) is 0 Å². The van der Waals surface area contributed by atoms with Crippen molar-refractivity contribution >= 4 is 18.7 Å². The van der Waals surface area contributed by atoms with E-state index in [9.17, 15) is 9.59 Å². The molecular formula is C5H8O5. The van der Waals surface area contributed by atoms with E-state index >= 15 is 0 Å². The van der Waals surface area contributed by atoms with Gasteiger partial charge in [-0.2, -0.15) is 0 Å². The van der Waals surface area contributed by atoms with Crippen LogP contribution in [-0.4, -0.2) is 28.9 Å². The molecule has 5 nitrogen and oxygen atoms in total. The van der Waals surface area contributed by atoms with E-state index in [2.05, 4.69) is 0 Å². The number of rotatable bonds is 3. The molecule has 2 N–H and O–H groups in total. The maximum Gasteiger partial charge on any atom is 0.303 e. The van der Waals surface area contributed by atoms with E-state index in [1.54, 1.807) is 0 Å². The Morgan fingerprint density at radius 1 is 1.40 bits per heavy atom. The van der Waals surface area contributed by atoms with Crippen molar-refractivity contribution in [1.29, 1.82) is 0 Å². The van der Waals surface area contributed by atoms with E-state index in [1.165, 1.54) is 0 Å². The van der Waals surface area contributed by atoms with E-state index in [-0.39, 0.29) is 19.3 Å². The minimum absolute atomic E-state index is 0.0521. The molecule has 5 heteroatoms. The normalized spacial score (nSPS) is 6.80. The molecule has 0 rings (SSSR count). The Balaban J connectivity index is 0. The molecule has 0 saturated heterocycles. The number of hydrogen-bond acceptors (Lipinski definition) is 3. The lowest BCUT2D eigenvalue weighted by Gasteiger charge is -1.79. The highest BCUT2D eigenvalue weighted by Gasteiger charge is 1.91. The molecule has 0 aliphatic carbocycles. The zero-order valence-corrected chi connectivity index (χ0v) is 5.19. The van der Waals surface area contributed by atoms with Crippen LogP contribution in [0.1, 0.15) is 12.8 Å². The minimum Gasteiger partial charge on any atom is -0.483 e. The summed E-state index contributed by atoms with van der Waals surface area (Å²) in [6.07, 6.45) is 0.660. The molecule has 0 aliphatic rings. The standard InChI is InChI=1S/C4H6O3.CH2O2/c5-3-1-2-4(6)7;2-1-3/h3H,1-2H2,(H,6,7);1H,(H,2,3). The smallest absolute Gasteiger partial charge is 0.303 e. The summed E-state index contributed by atoms with van der Waals surface area (Å²) in [6, 6.07) is 0. The van der Waals surface area contributed by atoms with Crippen molar-refractivity contribution < 1.29 is 24.6 Å². The summed E-state index contributed by atoms with van der Waals surface area (Å²) < 4.78 is 0. The highest BCUT2D eigenvalue weighted by Crippen LogP contribution is 1.80. The summed E-state index contributed by atoms with van der Waals surface area (Å²) in [6.45, 7) is -0.250. The summed E-state index contributed by atoms with van der Waals surface area (Å²) in [5, 5.41) is 14.8. The van der Waals surface area contributed by atoms with Gasteiger partial charge in [-0.3, -0.25) is 9.59 Å². The van der Waals surface area contributed by atoms with E-state index in [0.29, 0.717) is 6.29 Å². The molecule has 0 unspecified atom stereocenters. The highest BCUT2D eigenvalue weighted by atomic mass is 16.4. The first-order chi connectivity index (χ1) is 4.68. The molecule has 0 spiro atoms. The number of carboxylic acid groups (broad SMARTS) is 2. The highest BCUT2D eigenvalue weighted by molar-refractivity contribution is 5.70. The van der Waals surface area contributed by atoms with Gasteiger partial charge in [0.15, 0.2) is 0 Å². The fourth-order valence-corrected chi connectivity index (χ4v) is 0.182. The van der Waals surface area contributed by atoms with E-state index < -0.39 is 5.97 Å². The monoisotopic (exact) mass is 148 g/mol. The van der Waals surface area contributed by atoms with Crippen LogP contribution in [0.4, 0.5) is 0 Å². The van der Waals surface area contributed by atoms with Crippen LogP contribution >= 0.6 is 0 Å². The summed E-state index contributed by atoms with van der Waals surface area (Å²) >= 11 is 0. The Morgan fingerprint density at radius 3 is 1.90 bits per heavy atom. The van der Waals surface area contributed by atoms with Crippen LogP contribution in [0.5, 0.6) is 0 Å². The van der Waals surface area contributed by atoms with Gasteiger partial charge in [0.05, 0.1) is 6.42 Å². The van der Waals surface area contributed by atoms with Gasteiger partial charge in [-0.05, 0) is 0 Å². The van der Waals surface area contributed by atoms with Gasteiger partial charge in [0.1, 0.15) is 6.29 Å². The maximum atomic E-state index is 9.60. The zero-order chi connectivity index (χ0) is 8.41. The fourth-order valence-electron chi connectivity index (χ4n) is 0.182.